The lowest BCUT2D eigenvalue weighted by molar-refractivity contribution is -0.136. The Hall–Kier alpha value is -1.72. The first-order valence-corrected chi connectivity index (χ1v) is 8.15. The van der Waals surface area contributed by atoms with Crippen LogP contribution in [0.2, 0.25) is 0 Å². The number of hydrogen-bond donors (Lipinski definition) is 1. The number of carbonyl (C=O) groups excluding carboxylic acids is 1. The summed E-state index contributed by atoms with van der Waals surface area (Å²) in [6, 6.07) is 3.91. The van der Waals surface area contributed by atoms with Crippen molar-refractivity contribution in [2.45, 2.75) is 25.8 Å². The van der Waals surface area contributed by atoms with Crippen LogP contribution in [0, 0.1) is 5.41 Å². The second-order valence-electron chi connectivity index (χ2n) is 6.60. The summed E-state index contributed by atoms with van der Waals surface area (Å²) >= 11 is 0. The highest BCUT2D eigenvalue weighted by molar-refractivity contribution is 5.78. The van der Waals surface area contributed by atoms with Crippen LogP contribution in [0.5, 0.6) is 0 Å². The van der Waals surface area contributed by atoms with E-state index in [1.165, 1.54) is 0 Å². The minimum absolute atomic E-state index is 0.105. The van der Waals surface area contributed by atoms with E-state index in [-0.39, 0.29) is 17.9 Å². The SMILES string of the molecule is C=CC[C@@]1(CO)CCCN(C(=O)CN(C)Cc2cccnc2)C1. The second kappa shape index (κ2) is 8.22. The van der Waals surface area contributed by atoms with Gasteiger partial charge in [0.2, 0.25) is 5.91 Å². The molecule has 0 bridgehead atoms. The van der Waals surface area contributed by atoms with E-state index < -0.39 is 0 Å². The molecule has 1 amide bonds. The lowest BCUT2D eigenvalue weighted by atomic mass is 9.78. The molecule has 0 saturated carbocycles. The summed E-state index contributed by atoms with van der Waals surface area (Å²) in [5, 5.41) is 9.75. The van der Waals surface area contributed by atoms with Crippen LogP contribution >= 0.6 is 0 Å². The molecule has 0 aliphatic carbocycles. The van der Waals surface area contributed by atoms with Gasteiger partial charge in [-0.25, -0.2) is 0 Å². The molecule has 1 aliphatic heterocycles. The Labute approximate surface area is 138 Å². The van der Waals surface area contributed by atoms with Crippen molar-refractivity contribution < 1.29 is 9.90 Å². The van der Waals surface area contributed by atoms with Crippen LogP contribution < -0.4 is 0 Å². The summed E-state index contributed by atoms with van der Waals surface area (Å²) in [5.41, 5.74) is 0.884. The number of aliphatic hydroxyl groups is 1. The summed E-state index contributed by atoms with van der Waals surface area (Å²) in [5.74, 6) is 0.123. The van der Waals surface area contributed by atoms with E-state index >= 15 is 0 Å². The average molecular weight is 317 g/mol. The number of aliphatic hydroxyl groups excluding tert-OH is 1. The fourth-order valence-corrected chi connectivity index (χ4v) is 3.28. The molecule has 2 heterocycles. The van der Waals surface area contributed by atoms with E-state index in [2.05, 4.69) is 11.6 Å². The zero-order valence-electron chi connectivity index (χ0n) is 13.9. The van der Waals surface area contributed by atoms with Gasteiger partial charge in [0.1, 0.15) is 0 Å². The molecule has 5 heteroatoms. The minimum Gasteiger partial charge on any atom is -0.396 e. The molecule has 0 aromatic carbocycles. The number of likely N-dealkylation sites (N-methyl/N-ethyl adjacent to an activating group) is 1. The number of nitrogens with zero attached hydrogens (tertiary/aromatic N) is 3. The molecule has 126 valence electrons. The molecule has 0 radical (unpaired) electrons. The highest BCUT2D eigenvalue weighted by Crippen LogP contribution is 2.33. The Balaban J connectivity index is 1.90. The average Bonchev–Trinajstić information content (AvgIpc) is 2.56. The predicted molar refractivity (Wildman–Crippen MR) is 90.7 cm³/mol. The molecule has 23 heavy (non-hydrogen) atoms. The topological polar surface area (TPSA) is 56.7 Å². The number of rotatable bonds is 7. The van der Waals surface area contributed by atoms with Crippen LogP contribution in [-0.4, -0.2) is 59.1 Å². The Morgan fingerprint density at radius 3 is 3.09 bits per heavy atom. The Kier molecular flexibility index (Phi) is 6.30. The van der Waals surface area contributed by atoms with Gasteiger partial charge in [0.05, 0.1) is 13.2 Å². The molecule has 1 aromatic rings. The van der Waals surface area contributed by atoms with Gasteiger partial charge in [-0.05, 0) is 37.9 Å². The molecular weight excluding hydrogens is 290 g/mol. The van der Waals surface area contributed by atoms with E-state index in [9.17, 15) is 9.90 Å². The van der Waals surface area contributed by atoms with Gasteiger partial charge in [0.15, 0.2) is 0 Å². The normalized spacial score (nSPS) is 21.4. The van der Waals surface area contributed by atoms with Crippen LogP contribution in [0.1, 0.15) is 24.8 Å². The third-order valence-corrected chi connectivity index (χ3v) is 4.51. The molecule has 1 fully saturated rings. The van der Waals surface area contributed by atoms with Crippen molar-refractivity contribution in [3.05, 3.63) is 42.7 Å². The van der Waals surface area contributed by atoms with Gasteiger partial charge in [-0.2, -0.15) is 0 Å². The van der Waals surface area contributed by atoms with Gasteiger partial charge in [-0.3, -0.25) is 14.7 Å². The van der Waals surface area contributed by atoms with Crippen LogP contribution in [0.3, 0.4) is 0 Å². The highest BCUT2D eigenvalue weighted by Gasteiger charge is 2.35. The van der Waals surface area contributed by atoms with Gasteiger partial charge < -0.3 is 10.0 Å². The minimum atomic E-state index is -0.211. The van der Waals surface area contributed by atoms with Crippen molar-refractivity contribution in [3.63, 3.8) is 0 Å². The summed E-state index contributed by atoms with van der Waals surface area (Å²) in [4.78, 5) is 20.6. The summed E-state index contributed by atoms with van der Waals surface area (Å²) in [7, 11) is 1.94. The Morgan fingerprint density at radius 2 is 2.43 bits per heavy atom. The maximum absolute atomic E-state index is 12.6. The van der Waals surface area contributed by atoms with Crippen molar-refractivity contribution in [3.8, 4) is 0 Å². The Bertz CT molecular complexity index is 520. The first-order chi connectivity index (χ1) is 11.1. The number of aromatic nitrogens is 1. The third kappa shape index (κ3) is 4.88. The summed E-state index contributed by atoms with van der Waals surface area (Å²) in [6.45, 7) is 6.37. The number of amides is 1. The van der Waals surface area contributed by atoms with E-state index in [1.54, 1.807) is 6.20 Å². The molecule has 1 aromatic heterocycles. The smallest absolute Gasteiger partial charge is 0.236 e. The van der Waals surface area contributed by atoms with Crippen molar-refractivity contribution in [2.24, 2.45) is 5.41 Å². The molecule has 1 atom stereocenters. The van der Waals surface area contributed by atoms with E-state index in [4.69, 9.17) is 0 Å². The number of hydrogen-bond acceptors (Lipinski definition) is 4. The van der Waals surface area contributed by atoms with E-state index in [1.807, 2.05) is 41.3 Å². The first-order valence-electron chi connectivity index (χ1n) is 8.15. The molecular formula is C18H27N3O2. The lowest BCUT2D eigenvalue weighted by Crippen LogP contribution is -2.50. The van der Waals surface area contributed by atoms with Crippen LogP contribution in [-0.2, 0) is 11.3 Å². The highest BCUT2D eigenvalue weighted by atomic mass is 16.3. The maximum Gasteiger partial charge on any atom is 0.236 e. The molecule has 1 aliphatic rings. The number of pyridine rings is 1. The fraction of sp³-hybridized carbons (Fsp3) is 0.556. The number of piperidine rings is 1. The number of allylic oxidation sites excluding steroid dienone is 1. The lowest BCUT2D eigenvalue weighted by Gasteiger charge is -2.41. The summed E-state index contributed by atoms with van der Waals surface area (Å²) in [6.07, 6.45) is 8.05. The quantitative estimate of drug-likeness (QED) is 0.778. The molecule has 1 saturated heterocycles. The van der Waals surface area contributed by atoms with Crippen molar-refractivity contribution in [1.82, 2.24) is 14.8 Å². The standard InChI is InChI=1S/C18H27N3O2/c1-3-7-18(15-22)8-5-10-21(14-18)17(23)13-20(2)12-16-6-4-9-19-11-16/h3-4,6,9,11,22H,1,5,7-8,10,12-15H2,2H3/t18-/m1/s1. The molecule has 2 rings (SSSR count). The zero-order chi connectivity index (χ0) is 16.7. The van der Waals surface area contributed by atoms with Crippen molar-refractivity contribution >= 4 is 5.91 Å². The van der Waals surface area contributed by atoms with Gasteiger partial charge in [0, 0.05) is 37.4 Å². The molecule has 0 spiro atoms. The number of likely N-dealkylation sites (tertiary alicyclic amines) is 1. The fourth-order valence-electron chi connectivity index (χ4n) is 3.28. The molecule has 5 nitrogen and oxygen atoms in total. The Morgan fingerprint density at radius 1 is 1.61 bits per heavy atom. The first kappa shape index (κ1) is 17.6. The summed E-state index contributed by atoms with van der Waals surface area (Å²) < 4.78 is 0. The van der Waals surface area contributed by atoms with E-state index in [0.717, 1.165) is 31.4 Å². The van der Waals surface area contributed by atoms with Crippen molar-refractivity contribution in [2.75, 3.05) is 33.3 Å². The van der Waals surface area contributed by atoms with Crippen LogP contribution in [0.4, 0.5) is 0 Å². The van der Waals surface area contributed by atoms with E-state index in [0.29, 0.717) is 19.6 Å². The predicted octanol–water partition coefficient (Wildman–Crippen LogP) is 1.69. The van der Waals surface area contributed by atoms with Gasteiger partial charge in [-0.1, -0.05) is 12.1 Å². The van der Waals surface area contributed by atoms with Crippen LogP contribution in [0.25, 0.3) is 0 Å². The van der Waals surface area contributed by atoms with Gasteiger partial charge in [-0.15, -0.1) is 6.58 Å². The monoisotopic (exact) mass is 317 g/mol. The third-order valence-electron chi connectivity index (χ3n) is 4.51. The number of carbonyl (C=O) groups is 1. The largest absolute Gasteiger partial charge is 0.396 e. The van der Waals surface area contributed by atoms with Crippen molar-refractivity contribution in [1.29, 1.82) is 0 Å². The van der Waals surface area contributed by atoms with Crippen LogP contribution in [0.15, 0.2) is 37.2 Å². The molecule has 1 N–H and O–H groups in total. The maximum atomic E-state index is 12.6. The zero-order valence-corrected chi connectivity index (χ0v) is 13.9. The van der Waals surface area contributed by atoms with Gasteiger partial charge >= 0.3 is 0 Å². The van der Waals surface area contributed by atoms with Gasteiger partial charge in [0.25, 0.3) is 0 Å². The molecule has 0 unspecified atom stereocenters. The second-order valence-corrected chi connectivity index (χ2v) is 6.60.